The SMILES string of the molecule is CCCN(Cc1cccn1Cc1cccc(F)c1)C(=O)/C=C/c1ccccc1. The molecule has 2 aromatic carbocycles. The highest BCUT2D eigenvalue weighted by molar-refractivity contribution is 5.91. The van der Waals surface area contributed by atoms with Crippen LogP contribution in [-0.2, 0) is 17.9 Å². The summed E-state index contributed by atoms with van der Waals surface area (Å²) < 4.78 is 15.5. The number of benzene rings is 2. The molecule has 3 rings (SSSR count). The zero-order valence-electron chi connectivity index (χ0n) is 16.1. The van der Waals surface area contributed by atoms with Gasteiger partial charge in [0.1, 0.15) is 5.82 Å². The van der Waals surface area contributed by atoms with Crippen molar-refractivity contribution in [2.75, 3.05) is 6.54 Å². The number of rotatable bonds is 8. The third kappa shape index (κ3) is 5.43. The minimum atomic E-state index is -0.236. The fourth-order valence-electron chi connectivity index (χ4n) is 3.15. The molecule has 0 radical (unpaired) electrons. The van der Waals surface area contributed by atoms with Gasteiger partial charge >= 0.3 is 0 Å². The van der Waals surface area contributed by atoms with E-state index in [0.717, 1.165) is 23.2 Å². The van der Waals surface area contributed by atoms with Crippen LogP contribution in [0.1, 0.15) is 30.2 Å². The Labute approximate surface area is 165 Å². The van der Waals surface area contributed by atoms with Gasteiger partial charge in [-0.3, -0.25) is 4.79 Å². The molecule has 3 aromatic rings. The number of hydrogen-bond donors (Lipinski definition) is 0. The molecule has 0 N–H and O–H groups in total. The van der Waals surface area contributed by atoms with Gasteiger partial charge in [0.05, 0.1) is 6.54 Å². The number of aromatic nitrogens is 1. The molecule has 0 atom stereocenters. The summed E-state index contributed by atoms with van der Waals surface area (Å²) in [6, 6.07) is 20.4. The van der Waals surface area contributed by atoms with Crippen LogP contribution in [0.2, 0.25) is 0 Å². The maximum absolute atomic E-state index is 13.5. The quantitative estimate of drug-likeness (QED) is 0.501. The molecule has 0 aliphatic heterocycles. The molecule has 0 aliphatic carbocycles. The molecule has 0 fully saturated rings. The van der Waals surface area contributed by atoms with Crippen molar-refractivity contribution in [2.24, 2.45) is 0 Å². The van der Waals surface area contributed by atoms with Crippen LogP contribution < -0.4 is 0 Å². The fraction of sp³-hybridized carbons (Fsp3) is 0.208. The van der Waals surface area contributed by atoms with Crippen molar-refractivity contribution in [2.45, 2.75) is 26.4 Å². The Morgan fingerprint density at radius 1 is 1.07 bits per heavy atom. The van der Waals surface area contributed by atoms with Gasteiger partial charge in [-0.15, -0.1) is 0 Å². The molecule has 1 heterocycles. The van der Waals surface area contributed by atoms with Crippen LogP contribution in [0, 0.1) is 5.82 Å². The van der Waals surface area contributed by atoms with E-state index in [1.807, 2.05) is 65.7 Å². The van der Waals surface area contributed by atoms with Crippen LogP contribution in [0.15, 0.2) is 79.0 Å². The van der Waals surface area contributed by atoms with E-state index < -0.39 is 0 Å². The third-order valence-electron chi connectivity index (χ3n) is 4.54. The molecule has 3 nitrogen and oxygen atoms in total. The first kappa shape index (κ1) is 19.6. The summed E-state index contributed by atoms with van der Waals surface area (Å²) in [4.78, 5) is 14.6. The van der Waals surface area contributed by atoms with Crippen molar-refractivity contribution < 1.29 is 9.18 Å². The number of hydrogen-bond acceptors (Lipinski definition) is 1. The molecule has 0 bridgehead atoms. The van der Waals surface area contributed by atoms with E-state index in [-0.39, 0.29) is 11.7 Å². The summed E-state index contributed by atoms with van der Waals surface area (Å²) in [5, 5.41) is 0. The lowest BCUT2D eigenvalue weighted by atomic mass is 10.2. The van der Waals surface area contributed by atoms with Crippen LogP contribution in [0.25, 0.3) is 6.08 Å². The van der Waals surface area contributed by atoms with Gasteiger partial charge in [-0.2, -0.15) is 0 Å². The zero-order valence-corrected chi connectivity index (χ0v) is 16.1. The minimum Gasteiger partial charge on any atom is -0.345 e. The third-order valence-corrected chi connectivity index (χ3v) is 4.54. The van der Waals surface area contributed by atoms with E-state index in [4.69, 9.17) is 0 Å². The highest BCUT2D eigenvalue weighted by Crippen LogP contribution is 2.13. The smallest absolute Gasteiger partial charge is 0.246 e. The van der Waals surface area contributed by atoms with E-state index in [2.05, 4.69) is 11.5 Å². The molecule has 0 spiro atoms. The molecule has 28 heavy (non-hydrogen) atoms. The predicted molar refractivity (Wildman–Crippen MR) is 111 cm³/mol. The topological polar surface area (TPSA) is 25.2 Å². The molecular formula is C24H25FN2O. The van der Waals surface area contributed by atoms with E-state index >= 15 is 0 Å². The van der Waals surface area contributed by atoms with E-state index in [9.17, 15) is 9.18 Å². The lowest BCUT2D eigenvalue weighted by Crippen LogP contribution is -2.30. The normalized spacial score (nSPS) is 11.1. The van der Waals surface area contributed by atoms with Gasteiger partial charge in [-0.05, 0) is 47.9 Å². The van der Waals surface area contributed by atoms with Crippen molar-refractivity contribution in [3.8, 4) is 0 Å². The molecule has 0 aliphatic rings. The molecule has 1 aromatic heterocycles. The van der Waals surface area contributed by atoms with Gasteiger partial charge in [0.25, 0.3) is 0 Å². The van der Waals surface area contributed by atoms with Gasteiger partial charge in [0, 0.05) is 31.1 Å². The Morgan fingerprint density at radius 2 is 1.89 bits per heavy atom. The van der Waals surface area contributed by atoms with Crippen LogP contribution >= 0.6 is 0 Å². The van der Waals surface area contributed by atoms with E-state index in [1.54, 1.807) is 18.2 Å². The summed E-state index contributed by atoms with van der Waals surface area (Å²) in [5.41, 5.74) is 2.93. The minimum absolute atomic E-state index is 0.00999. The molecule has 4 heteroatoms. The number of nitrogens with zero attached hydrogens (tertiary/aromatic N) is 2. The lowest BCUT2D eigenvalue weighted by molar-refractivity contribution is -0.126. The van der Waals surface area contributed by atoms with Crippen LogP contribution in [0.4, 0.5) is 4.39 Å². The summed E-state index contributed by atoms with van der Waals surface area (Å²) in [7, 11) is 0. The highest BCUT2D eigenvalue weighted by Gasteiger charge is 2.13. The van der Waals surface area contributed by atoms with Gasteiger partial charge in [0.2, 0.25) is 5.91 Å². The van der Waals surface area contributed by atoms with Crippen LogP contribution in [-0.4, -0.2) is 21.9 Å². The second kappa shape index (κ2) is 9.70. The van der Waals surface area contributed by atoms with Crippen molar-refractivity contribution >= 4 is 12.0 Å². The second-order valence-electron chi connectivity index (χ2n) is 6.76. The van der Waals surface area contributed by atoms with Crippen molar-refractivity contribution in [3.05, 3.63) is 102 Å². The Morgan fingerprint density at radius 3 is 2.64 bits per heavy atom. The standard InChI is InChI=1S/C24H25FN2O/c1-2-15-27(24(28)14-13-20-8-4-3-5-9-20)19-23-12-7-16-26(23)18-21-10-6-11-22(25)17-21/h3-14,16-17H,2,15,18-19H2,1H3/b14-13+. The van der Waals surface area contributed by atoms with E-state index in [1.165, 1.54) is 6.07 Å². The first-order chi connectivity index (χ1) is 13.7. The fourth-order valence-corrected chi connectivity index (χ4v) is 3.15. The Balaban J connectivity index is 1.71. The van der Waals surface area contributed by atoms with Crippen LogP contribution in [0.3, 0.4) is 0 Å². The summed E-state index contributed by atoms with van der Waals surface area (Å²) in [6.07, 6.45) is 6.33. The molecule has 0 saturated carbocycles. The largest absolute Gasteiger partial charge is 0.345 e. The Kier molecular flexibility index (Phi) is 6.79. The van der Waals surface area contributed by atoms with Gasteiger partial charge in [-0.1, -0.05) is 49.4 Å². The first-order valence-corrected chi connectivity index (χ1v) is 9.56. The van der Waals surface area contributed by atoms with Gasteiger partial charge in [0.15, 0.2) is 0 Å². The maximum atomic E-state index is 13.5. The first-order valence-electron chi connectivity index (χ1n) is 9.56. The molecule has 0 saturated heterocycles. The number of carbonyl (C=O) groups excluding carboxylic acids is 1. The summed E-state index contributed by atoms with van der Waals surface area (Å²) in [5.74, 6) is -0.246. The predicted octanol–water partition coefficient (Wildman–Crippen LogP) is 5.13. The monoisotopic (exact) mass is 376 g/mol. The lowest BCUT2D eigenvalue weighted by Gasteiger charge is -2.22. The Hall–Kier alpha value is -3.14. The summed E-state index contributed by atoms with van der Waals surface area (Å²) >= 11 is 0. The maximum Gasteiger partial charge on any atom is 0.246 e. The second-order valence-corrected chi connectivity index (χ2v) is 6.76. The molecule has 1 amide bonds. The molecular weight excluding hydrogens is 351 g/mol. The van der Waals surface area contributed by atoms with Gasteiger partial charge < -0.3 is 9.47 Å². The van der Waals surface area contributed by atoms with Crippen molar-refractivity contribution in [1.82, 2.24) is 9.47 Å². The average molecular weight is 376 g/mol. The van der Waals surface area contributed by atoms with Crippen molar-refractivity contribution in [1.29, 1.82) is 0 Å². The molecule has 0 unspecified atom stereocenters. The zero-order chi connectivity index (χ0) is 19.8. The number of halogens is 1. The summed E-state index contributed by atoms with van der Waals surface area (Å²) in [6.45, 7) is 3.85. The van der Waals surface area contributed by atoms with Crippen molar-refractivity contribution in [3.63, 3.8) is 0 Å². The van der Waals surface area contributed by atoms with Crippen LogP contribution in [0.5, 0.6) is 0 Å². The van der Waals surface area contributed by atoms with Gasteiger partial charge in [-0.25, -0.2) is 4.39 Å². The highest BCUT2D eigenvalue weighted by atomic mass is 19.1. The number of amides is 1. The van der Waals surface area contributed by atoms with E-state index in [0.29, 0.717) is 19.6 Å². The number of carbonyl (C=O) groups is 1. The molecule has 144 valence electrons. The Bertz CT molecular complexity index is 931. The average Bonchev–Trinajstić information content (AvgIpc) is 3.13.